The van der Waals surface area contributed by atoms with E-state index in [0.29, 0.717) is 0 Å². The zero-order valence-corrected chi connectivity index (χ0v) is 28.0. The second-order valence-corrected chi connectivity index (χ2v) is 14.5. The molecule has 0 spiro atoms. The summed E-state index contributed by atoms with van der Waals surface area (Å²) in [4.78, 5) is 5.32. The first kappa shape index (κ1) is 28.9. The second-order valence-electron chi connectivity index (χ2n) is 14.5. The summed E-state index contributed by atoms with van der Waals surface area (Å²) in [5.74, 6) is 0.258. The summed E-state index contributed by atoms with van der Waals surface area (Å²) < 4.78 is 0. The van der Waals surface area contributed by atoms with Gasteiger partial charge < -0.3 is 9.80 Å². The molecule has 0 bridgehead atoms. The lowest BCUT2D eigenvalue weighted by atomic mass is 9.28. The van der Waals surface area contributed by atoms with Crippen molar-refractivity contribution in [3.8, 4) is 0 Å². The zero-order valence-electron chi connectivity index (χ0n) is 28.0. The first-order chi connectivity index (χ1) is 22.2. The van der Waals surface area contributed by atoms with E-state index in [1.54, 1.807) is 0 Å². The molecule has 4 aliphatic rings. The Morgan fingerprint density at radius 3 is 2.02 bits per heavy atom. The van der Waals surface area contributed by atoms with Crippen molar-refractivity contribution in [2.45, 2.75) is 71.7 Å². The van der Waals surface area contributed by atoms with Gasteiger partial charge in [0.2, 0.25) is 6.71 Å². The smallest absolute Gasteiger partial charge is 0.226 e. The van der Waals surface area contributed by atoms with Crippen molar-refractivity contribution in [3.05, 3.63) is 160 Å². The molecule has 2 aliphatic heterocycles. The first-order valence-corrected chi connectivity index (χ1v) is 16.9. The average molecular weight is 599 g/mol. The molecule has 0 aromatic heterocycles. The van der Waals surface area contributed by atoms with Crippen LogP contribution in [-0.2, 0) is 5.41 Å². The van der Waals surface area contributed by atoms with Gasteiger partial charge in [0.25, 0.3) is 0 Å². The van der Waals surface area contributed by atoms with Gasteiger partial charge in [0, 0.05) is 39.7 Å². The standard InChI is InChI=1S/C43H43BN2/c1-28-12-18-34(19-13-28)45-38-22-16-30(3)24-36(38)44-37-25-31(4)17-23-39(37)46(35-20-14-29(2)15-21-35)41-27-33(26-40(45)42(41)44)43(5,6)32-10-8-7-9-11-32/h7-14,16-20,22-27,41-42H,15,21H2,1-6H3. The van der Waals surface area contributed by atoms with Crippen molar-refractivity contribution in [1.29, 1.82) is 0 Å². The van der Waals surface area contributed by atoms with Crippen LogP contribution in [0.4, 0.5) is 17.1 Å². The van der Waals surface area contributed by atoms with Crippen LogP contribution < -0.4 is 20.7 Å². The molecule has 2 atom stereocenters. The van der Waals surface area contributed by atoms with Crippen molar-refractivity contribution in [2.24, 2.45) is 0 Å². The minimum atomic E-state index is -0.169. The monoisotopic (exact) mass is 598 g/mol. The van der Waals surface area contributed by atoms with E-state index in [0.717, 1.165) is 12.8 Å². The Hall–Kier alpha value is -4.50. The van der Waals surface area contributed by atoms with Crippen LogP contribution in [0.2, 0.25) is 5.82 Å². The molecular formula is C43H43BN2. The fraction of sp³-hybridized carbons (Fsp3) is 0.256. The van der Waals surface area contributed by atoms with Crippen LogP contribution in [0.3, 0.4) is 0 Å². The fourth-order valence-electron chi connectivity index (χ4n) is 8.38. The third kappa shape index (κ3) is 4.55. The van der Waals surface area contributed by atoms with Gasteiger partial charge in [-0.3, -0.25) is 0 Å². The van der Waals surface area contributed by atoms with Crippen LogP contribution in [0.25, 0.3) is 0 Å². The van der Waals surface area contributed by atoms with Crippen molar-refractivity contribution in [1.82, 2.24) is 0 Å². The summed E-state index contributed by atoms with van der Waals surface area (Å²) in [6, 6.07) is 34.7. The Kier molecular flexibility index (Phi) is 6.80. The SMILES string of the molecule is CC1=CC=C(N2c3ccc(C)cc3B3c4cc(C)ccc4N(c4ccc(C)cc4)C4=CC(C(C)(C)c5ccccc5)=CC2C34)CC1. The normalized spacial score (nSPS) is 20.2. The maximum atomic E-state index is 2.72. The van der Waals surface area contributed by atoms with E-state index in [9.17, 15) is 0 Å². The number of hydrogen-bond acceptors (Lipinski definition) is 2. The Morgan fingerprint density at radius 2 is 1.35 bits per heavy atom. The van der Waals surface area contributed by atoms with Gasteiger partial charge in [-0.2, -0.15) is 0 Å². The van der Waals surface area contributed by atoms with E-state index in [4.69, 9.17) is 0 Å². The number of nitrogens with zero attached hydrogens (tertiary/aromatic N) is 2. The van der Waals surface area contributed by atoms with Gasteiger partial charge in [-0.15, -0.1) is 0 Å². The highest BCUT2D eigenvalue weighted by Gasteiger charge is 2.53. The summed E-state index contributed by atoms with van der Waals surface area (Å²) in [5.41, 5.74) is 17.5. The van der Waals surface area contributed by atoms with E-state index in [2.05, 4.69) is 167 Å². The van der Waals surface area contributed by atoms with Crippen LogP contribution in [0.1, 0.15) is 55.9 Å². The van der Waals surface area contributed by atoms with Crippen molar-refractivity contribution >= 4 is 34.7 Å². The predicted molar refractivity (Wildman–Crippen MR) is 197 cm³/mol. The van der Waals surface area contributed by atoms with E-state index in [-0.39, 0.29) is 24.0 Å². The number of anilines is 3. The molecule has 8 rings (SSSR count). The summed E-state index contributed by atoms with van der Waals surface area (Å²) >= 11 is 0. The first-order valence-electron chi connectivity index (χ1n) is 16.9. The lowest BCUT2D eigenvalue weighted by Crippen LogP contribution is -2.64. The Bertz CT molecular complexity index is 1980. The van der Waals surface area contributed by atoms with Gasteiger partial charge in [-0.05, 0) is 99.0 Å². The summed E-state index contributed by atoms with van der Waals surface area (Å²) in [6.45, 7) is 14.0. The predicted octanol–water partition coefficient (Wildman–Crippen LogP) is 9.36. The molecule has 2 heterocycles. The highest BCUT2D eigenvalue weighted by Crippen LogP contribution is 2.52. The molecule has 0 fully saturated rings. The molecule has 2 aliphatic carbocycles. The lowest BCUT2D eigenvalue weighted by molar-refractivity contribution is 0.602. The van der Waals surface area contributed by atoms with Crippen LogP contribution >= 0.6 is 0 Å². The number of fused-ring (bicyclic) bond motifs is 4. The minimum Gasteiger partial charge on any atom is -0.339 e. The third-order valence-corrected chi connectivity index (χ3v) is 11.0. The van der Waals surface area contributed by atoms with E-state index in [1.807, 2.05) is 0 Å². The van der Waals surface area contributed by atoms with Crippen molar-refractivity contribution < 1.29 is 0 Å². The molecule has 0 saturated carbocycles. The van der Waals surface area contributed by atoms with Gasteiger partial charge in [0.1, 0.15) is 0 Å². The molecule has 0 N–H and O–H groups in total. The van der Waals surface area contributed by atoms with E-state index >= 15 is 0 Å². The van der Waals surface area contributed by atoms with Gasteiger partial charge >= 0.3 is 0 Å². The largest absolute Gasteiger partial charge is 0.339 e. The van der Waals surface area contributed by atoms with Crippen LogP contribution in [-0.4, -0.2) is 12.8 Å². The number of hydrogen-bond donors (Lipinski definition) is 0. The summed E-state index contributed by atoms with van der Waals surface area (Å²) in [7, 11) is 0. The molecular weight excluding hydrogens is 555 g/mol. The molecule has 2 nitrogen and oxygen atoms in total. The fourth-order valence-corrected chi connectivity index (χ4v) is 8.38. The van der Waals surface area contributed by atoms with Gasteiger partial charge in [-0.1, -0.05) is 115 Å². The van der Waals surface area contributed by atoms with Crippen molar-refractivity contribution in [2.75, 3.05) is 9.80 Å². The van der Waals surface area contributed by atoms with Crippen molar-refractivity contribution in [3.63, 3.8) is 0 Å². The molecule has 0 radical (unpaired) electrons. The highest BCUT2D eigenvalue weighted by molar-refractivity contribution is 6.90. The molecule has 0 saturated heterocycles. The maximum absolute atomic E-state index is 2.72. The molecule has 46 heavy (non-hydrogen) atoms. The number of benzene rings is 4. The Labute approximate surface area is 275 Å². The minimum absolute atomic E-state index is 0.169. The molecule has 4 aromatic carbocycles. The molecule has 4 aromatic rings. The summed E-state index contributed by atoms with van der Waals surface area (Å²) in [5, 5.41) is 0. The number of aryl methyl sites for hydroxylation is 3. The Morgan fingerprint density at radius 1 is 0.696 bits per heavy atom. The van der Waals surface area contributed by atoms with E-state index in [1.165, 1.54) is 72.8 Å². The van der Waals surface area contributed by atoms with Crippen LogP contribution in [0.15, 0.2) is 138 Å². The quantitative estimate of drug-likeness (QED) is 0.216. The van der Waals surface area contributed by atoms with Gasteiger partial charge in [0.05, 0.1) is 6.04 Å². The van der Waals surface area contributed by atoms with Gasteiger partial charge in [-0.25, -0.2) is 0 Å². The lowest BCUT2D eigenvalue weighted by Gasteiger charge is -2.54. The van der Waals surface area contributed by atoms with Crippen LogP contribution in [0, 0.1) is 20.8 Å². The Balaban J connectivity index is 1.45. The molecule has 2 unspecified atom stereocenters. The molecule has 0 amide bonds. The average Bonchev–Trinajstić information content (AvgIpc) is 3.06. The van der Waals surface area contributed by atoms with E-state index < -0.39 is 0 Å². The topological polar surface area (TPSA) is 6.48 Å². The third-order valence-electron chi connectivity index (χ3n) is 11.0. The second kappa shape index (κ2) is 10.8. The summed E-state index contributed by atoms with van der Waals surface area (Å²) in [6.07, 6.45) is 12.1. The number of rotatable bonds is 4. The molecule has 228 valence electrons. The van der Waals surface area contributed by atoms with Gasteiger partial charge in [0.15, 0.2) is 0 Å². The number of allylic oxidation sites excluding steroid dienone is 6. The molecule has 3 heteroatoms. The van der Waals surface area contributed by atoms with Crippen LogP contribution in [0.5, 0.6) is 0 Å². The highest BCUT2D eigenvalue weighted by atomic mass is 15.2. The zero-order chi connectivity index (χ0) is 31.7. The maximum Gasteiger partial charge on any atom is 0.226 e.